The molecule has 2 N–H and O–H groups in total. The highest BCUT2D eigenvalue weighted by atomic mass is 16.3. The van der Waals surface area contributed by atoms with Gasteiger partial charge in [0, 0.05) is 13.1 Å². The van der Waals surface area contributed by atoms with E-state index in [0.717, 1.165) is 6.54 Å². The number of rotatable bonds is 4. The van der Waals surface area contributed by atoms with Crippen LogP contribution in [0, 0.1) is 0 Å². The number of nitrogens with one attached hydrogen (secondary N) is 1. The Morgan fingerprint density at radius 3 is 2.86 bits per heavy atom. The minimum absolute atomic E-state index is 0.202. The van der Waals surface area contributed by atoms with Crippen molar-refractivity contribution in [1.82, 2.24) is 5.32 Å². The second kappa shape index (κ2) is 5.66. The van der Waals surface area contributed by atoms with Gasteiger partial charge >= 0.3 is 0 Å². The van der Waals surface area contributed by atoms with Gasteiger partial charge in [-0.05, 0) is 0 Å². The van der Waals surface area contributed by atoms with E-state index in [4.69, 9.17) is 5.11 Å². The first kappa shape index (κ1) is 6.66. The molecule has 0 saturated carbocycles. The number of hydrogen-bond acceptors (Lipinski definition) is 2. The van der Waals surface area contributed by atoms with Crippen molar-refractivity contribution >= 4 is 0 Å². The molecule has 2 nitrogen and oxygen atoms in total. The van der Waals surface area contributed by atoms with Gasteiger partial charge in [0.2, 0.25) is 0 Å². The maximum atomic E-state index is 8.20. The van der Waals surface area contributed by atoms with Gasteiger partial charge in [-0.15, -0.1) is 6.58 Å². The standard InChI is InChI=1S/C5H11NO/c1-2-3-6-4-5-7/h2,6-7H,1,3-5H2. The monoisotopic (exact) mass is 101 g/mol. The van der Waals surface area contributed by atoms with Crippen molar-refractivity contribution in [3.63, 3.8) is 0 Å². The van der Waals surface area contributed by atoms with Gasteiger partial charge in [-0.1, -0.05) is 6.08 Å². The SMILES string of the molecule is C=CCNCCO. The Bertz CT molecular complexity index is 45.3. The maximum absolute atomic E-state index is 8.20. The van der Waals surface area contributed by atoms with E-state index >= 15 is 0 Å². The minimum Gasteiger partial charge on any atom is -0.395 e. The summed E-state index contributed by atoms with van der Waals surface area (Å²) < 4.78 is 0. The molecule has 0 heterocycles. The van der Waals surface area contributed by atoms with Crippen molar-refractivity contribution < 1.29 is 5.11 Å². The lowest BCUT2D eigenvalue weighted by molar-refractivity contribution is 0.294. The average molecular weight is 101 g/mol. The van der Waals surface area contributed by atoms with Crippen LogP contribution in [0.25, 0.3) is 0 Å². The van der Waals surface area contributed by atoms with Crippen LogP contribution in [0.2, 0.25) is 0 Å². The van der Waals surface area contributed by atoms with Crippen LogP contribution in [-0.2, 0) is 0 Å². The van der Waals surface area contributed by atoms with Gasteiger partial charge in [0.15, 0.2) is 0 Å². The van der Waals surface area contributed by atoms with Crippen molar-refractivity contribution in [1.29, 1.82) is 0 Å². The summed E-state index contributed by atoms with van der Waals surface area (Å²) in [5, 5.41) is 11.1. The Kier molecular flexibility index (Phi) is 5.39. The van der Waals surface area contributed by atoms with Gasteiger partial charge in [-0.25, -0.2) is 0 Å². The smallest absolute Gasteiger partial charge is 0.0556 e. The summed E-state index contributed by atoms with van der Waals surface area (Å²) in [5.41, 5.74) is 0. The lowest BCUT2D eigenvalue weighted by Gasteiger charge is -1.92. The van der Waals surface area contributed by atoms with Gasteiger partial charge in [0.05, 0.1) is 6.61 Å². The van der Waals surface area contributed by atoms with Crippen molar-refractivity contribution in [2.24, 2.45) is 0 Å². The van der Waals surface area contributed by atoms with Gasteiger partial charge in [0.25, 0.3) is 0 Å². The molecule has 0 saturated heterocycles. The van der Waals surface area contributed by atoms with Crippen LogP contribution < -0.4 is 5.32 Å². The fraction of sp³-hybridized carbons (Fsp3) is 0.600. The molecule has 0 unspecified atom stereocenters. The lowest BCUT2D eigenvalue weighted by atomic mass is 10.6. The van der Waals surface area contributed by atoms with Crippen LogP contribution >= 0.6 is 0 Å². The summed E-state index contributed by atoms with van der Waals surface area (Å²) in [5.74, 6) is 0. The Labute approximate surface area is 43.9 Å². The largest absolute Gasteiger partial charge is 0.395 e. The first-order valence-corrected chi connectivity index (χ1v) is 2.34. The molecule has 0 amide bonds. The number of aliphatic hydroxyl groups excluding tert-OH is 1. The fourth-order valence-electron chi connectivity index (χ4n) is 0.283. The minimum atomic E-state index is 0.202. The third-order valence-electron chi connectivity index (χ3n) is 0.577. The summed E-state index contributed by atoms with van der Waals surface area (Å²) in [6.07, 6.45) is 1.76. The number of aliphatic hydroxyl groups is 1. The van der Waals surface area contributed by atoms with Crippen LogP contribution in [-0.4, -0.2) is 24.8 Å². The zero-order valence-corrected chi connectivity index (χ0v) is 4.35. The molecular formula is C5H11NO. The summed E-state index contributed by atoms with van der Waals surface area (Å²) in [6, 6.07) is 0. The molecule has 0 aliphatic carbocycles. The quantitative estimate of drug-likeness (QED) is 0.378. The second-order valence-corrected chi connectivity index (χ2v) is 1.22. The first-order valence-electron chi connectivity index (χ1n) is 2.34. The third kappa shape index (κ3) is 5.66. The van der Waals surface area contributed by atoms with Gasteiger partial charge in [0.1, 0.15) is 0 Å². The van der Waals surface area contributed by atoms with Crippen LogP contribution in [0.3, 0.4) is 0 Å². The molecule has 0 aliphatic rings. The topological polar surface area (TPSA) is 32.3 Å². The van der Waals surface area contributed by atoms with E-state index in [9.17, 15) is 0 Å². The summed E-state index contributed by atoms with van der Waals surface area (Å²) in [7, 11) is 0. The van der Waals surface area contributed by atoms with E-state index in [1.165, 1.54) is 0 Å². The molecule has 0 atom stereocenters. The molecule has 2 heteroatoms. The van der Waals surface area contributed by atoms with E-state index in [1.807, 2.05) is 0 Å². The normalized spacial score (nSPS) is 8.71. The molecule has 0 aliphatic heterocycles. The van der Waals surface area contributed by atoms with Crippen LogP contribution in [0.1, 0.15) is 0 Å². The zero-order valence-electron chi connectivity index (χ0n) is 4.35. The summed E-state index contributed by atoms with van der Waals surface area (Å²) in [6.45, 7) is 5.13. The van der Waals surface area contributed by atoms with E-state index in [0.29, 0.717) is 6.54 Å². The Morgan fingerprint density at radius 1 is 1.71 bits per heavy atom. The van der Waals surface area contributed by atoms with Crippen molar-refractivity contribution in [2.75, 3.05) is 19.7 Å². The predicted octanol–water partition coefficient (Wildman–Crippen LogP) is -0.246. The van der Waals surface area contributed by atoms with Crippen LogP contribution in [0.4, 0.5) is 0 Å². The first-order chi connectivity index (χ1) is 3.41. The second-order valence-electron chi connectivity index (χ2n) is 1.22. The molecule has 0 aromatic carbocycles. The van der Waals surface area contributed by atoms with Crippen LogP contribution in [0.15, 0.2) is 12.7 Å². The van der Waals surface area contributed by atoms with Crippen molar-refractivity contribution in [2.45, 2.75) is 0 Å². The molecule has 0 bridgehead atoms. The Morgan fingerprint density at radius 2 is 2.43 bits per heavy atom. The third-order valence-corrected chi connectivity index (χ3v) is 0.577. The lowest BCUT2D eigenvalue weighted by Crippen LogP contribution is -2.17. The van der Waals surface area contributed by atoms with Gasteiger partial charge < -0.3 is 10.4 Å². The summed E-state index contributed by atoms with van der Waals surface area (Å²) in [4.78, 5) is 0. The molecule has 0 radical (unpaired) electrons. The molecule has 0 rings (SSSR count). The van der Waals surface area contributed by atoms with E-state index < -0.39 is 0 Å². The Hall–Kier alpha value is -0.340. The molecule has 0 spiro atoms. The molecule has 42 valence electrons. The van der Waals surface area contributed by atoms with Gasteiger partial charge in [-0.3, -0.25) is 0 Å². The predicted molar refractivity (Wildman–Crippen MR) is 30.2 cm³/mol. The summed E-state index contributed by atoms with van der Waals surface area (Å²) >= 11 is 0. The highest BCUT2D eigenvalue weighted by Crippen LogP contribution is 1.57. The van der Waals surface area contributed by atoms with E-state index in [-0.39, 0.29) is 6.61 Å². The van der Waals surface area contributed by atoms with E-state index in [2.05, 4.69) is 11.9 Å². The molecule has 7 heavy (non-hydrogen) atoms. The highest BCUT2D eigenvalue weighted by molar-refractivity contribution is 4.68. The maximum Gasteiger partial charge on any atom is 0.0556 e. The van der Waals surface area contributed by atoms with E-state index in [1.54, 1.807) is 6.08 Å². The van der Waals surface area contributed by atoms with Crippen molar-refractivity contribution in [3.8, 4) is 0 Å². The molecule has 0 aromatic rings. The Balaban J connectivity index is 2.56. The number of hydrogen-bond donors (Lipinski definition) is 2. The van der Waals surface area contributed by atoms with Crippen molar-refractivity contribution in [3.05, 3.63) is 12.7 Å². The molecule has 0 aromatic heterocycles. The van der Waals surface area contributed by atoms with Gasteiger partial charge in [-0.2, -0.15) is 0 Å². The fourth-order valence-corrected chi connectivity index (χ4v) is 0.283. The average Bonchev–Trinajstić information content (AvgIpc) is 1.69. The zero-order chi connectivity index (χ0) is 5.54. The molecule has 0 fully saturated rings. The van der Waals surface area contributed by atoms with Crippen LogP contribution in [0.5, 0.6) is 0 Å². The molecular weight excluding hydrogens is 90.1 g/mol. The highest BCUT2D eigenvalue weighted by Gasteiger charge is 1.74.